The van der Waals surface area contributed by atoms with Gasteiger partial charge in [-0.1, -0.05) is 19.9 Å². The average molecular weight is 406 g/mol. The van der Waals surface area contributed by atoms with Crippen LogP contribution in [0, 0.1) is 5.92 Å². The molecule has 0 aliphatic heterocycles. The van der Waals surface area contributed by atoms with Gasteiger partial charge in [-0.05, 0) is 48.7 Å². The Morgan fingerprint density at radius 2 is 1.86 bits per heavy atom. The summed E-state index contributed by atoms with van der Waals surface area (Å²) in [6.45, 7) is 4.26. The number of sulfonamides is 1. The monoisotopic (exact) mass is 405 g/mol. The van der Waals surface area contributed by atoms with Crippen molar-refractivity contribution >= 4 is 15.9 Å². The first-order chi connectivity index (χ1) is 13.3. The highest BCUT2D eigenvalue weighted by atomic mass is 32.2. The molecule has 2 N–H and O–H groups in total. The van der Waals surface area contributed by atoms with Crippen LogP contribution in [0.5, 0.6) is 5.75 Å². The maximum absolute atomic E-state index is 12.7. The van der Waals surface area contributed by atoms with Gasteiger partial charge in [-0.25, -0.2) is 8.42 Å². The van der Waals surface area contributed by atoms with Gasteiger partial charge in [0.15, 0.2) is 0 Å². The van der Waals surface area contributed by atoms with E-state index >= 15 is 0 Å². The molecule has 0 aliphatic carbocycles. The van der Waals surface area contributed by atoms with Gasteiger partial charge in [0.1, 0.15) is 11.8 Å². The van der Waals surface area contributed by atoms with Crippen molar-refractivity contribution in [3.8, 4) is 5.75 Å². The van der Waals surface area contributed by atoms with Gasteiger partial charge < -0.3 is 10.1 Å². The van der Waals surface area contributed by atoms with Crippen LogP contribution in [-0.2, 0) is 21.2 Å². The maximum Gasteiger partial charge on any atom is 0.241 e. The molecule has 1 amide bonds. The van der Waals surface area contributed by atoms with E-state index in [9.17, 15) is 13.2 Å². The summed E-state index contributed by atoms with van der Waals surface area (Å²) in [6.07, 6.45) is 2.67. The first-order valence-electron chi connectivity index (χ1n) is 9.16. The highest BCUT2D eigenvalue weighted by Crippen LogP contribution is 2.17. The van der Waals surface area contributed by atoms with E-state index in [-0.39, 0.29) is 16.7 Å². The SMILES string of the molecule is COc1ccc(S(=O)(=O)N[C@H](CC(C)C)C(=O)NCCc2ccccn2)cc1. The summed E-state index contributed by atoms with van der Waals surface area (Å²) in [5.74, 6) is 0.358. The minimum Gasteiger partial charge on any atom is -0.497 e. The molecule has 0 fully saturated rings. The molecule has 28 heavy (non-hydrogen) atoms. The van der Waals surface area contributed by atoms with Gasteiger partial charge in [-0.3, -0.25) is 9.78 Å². The minimum absolute atomic E-state index is 0.0864. The van der Waals surface area contributed by atoms with Crippen molar-refractivity contribution in [2.75, 3.05) is 13.7 Å². The summed E-state index contributed by atoms with van der Waals surface area (Å²) < 4.78 is 32.9. The molecule has 0 bridgehead atoms. The number of amides is 1. The Morgan fingerprint density at radius 3 is 2.43 bits per heavy atom. The number of carbonyl (C=O) groups excluding carboxylic acids is 1. The Balaban J connectivity index is 2.03. The molecule has 152 valence electrons. The van der Waals surface area contributed by atoms with E-state index in [1.54, 1.807) is 18.3 Å². The standard InChI is InChI=1S/C20H27N3O4S/c1-15(2)14-19(20(24)22-13-11-16-6-4-5-12-21-16)23-28(25,26)18-9-7-17(27-3)8-10-18/h4-10,12,15,19,23H,11,13-14H2,1-3H3,(H,22,24)/t19-/m1/s1. The number of hydrogen-bond acceptors (Lipinski definition) is 5. The van der Waals surface area contributed by atoms with E-state index in [1.807, 2.05) is 32.0 Å². The molecule has 0 radical (unpaired) electrons. The third-order valence-electron chi connectivity index (χ3n) is 4.10. The molecule has 1 aromatic carbocycles. The Labute approximate surface area is 166 Å². The lowest BCUT2D eigenvalue weighted by molar-refractivity contribution is -0.123. The van der Waals surface area contributed by atoms with E-state index < -0.39 is 16.1 Å². The predicted octanol–water partition coefficient (Wildman–Crippen LogP) is 2.14. The Hall–Kier alpha value is -2.45. The normalized spacial score (nSPS) is 12.6. The fourth-order valence-electron chi connectivity index (χ4n) is 2.67. The second kappa shape index (κ2) is 10.2. The number of benzene rings is 1. The van der Waals surface area contributed by atoms with Gasteiger partial charge in [0.25, 0.3) is 0 Å². The maximum atomic E-state index is 12.7. The van der Waals surface area contributed by atoms with Gasteiger partial charge in [0, 0.05) is 24.9 Å². The molecule has 0 unspecified atom stereocenters. The molecule has 0 saturated heterocycles. The summed E-state index contributed by atoms with van der Waals surface area (Å²) in [5.41, 5.74) is 0.863. The van der Waals surface area contributed by atoms with E-state index in [4.69, 9.17) is 4.74 Å². The van der Waals surface area contributed by atoms with E-state index in [0.717, 1.165) is 5.69 Å². The molecule has 1 aromatic heterocycles. The highest BCUT2D eigenvalue weighted by Gasteiger charge is 2.26. The summed E-state index contributed by atoms with van der Waals surface area (Å²) in [6, 6.07) is 10.8. The topological polar surface area (TPSA) is 97.4 Å². The van der Waals surface area contributed by atoms with Crippen molar-refractivity contribution in [1.82, 2.24) is 15.0 Å². The molecule has 0 aliphatic rings. The van der Waals surface area contributed by atoms with Gasteiger partial charge in [-0.2, -0.15) is 4.72 Å². The van der Waals surface area contributed by atoms with Crippen LogP contribution in [0.25, 0.3) is 0 Å². The number of aromatic nitrogens is 1. The highest BCUT2D eigenvalue weighted by molar-refractivity contribution is 7.89. The number of rotatable bonds is 10. The molecule has 2 rings (SSSR count). The van der Waals surface area contributed by atoms with Crippen LogP contribution in [0.4, 0.5) is 0 Å². The lowest BCUT2D eigenvalue weighted by atomic mass is 10.0. The van der Waals surface area contributed by atoms with Crippen molar-refractivity contribution in [3.05, 3.63) is 54.4 Å². The van der Waals surface area contributed by atoms with E-state index in [2.05, 4.69) is 15.0 Å². The van der Waals surface area contributed by atoms with Crippen molar-refractivity contribution in [3.63, 3.8) is 0 Å². The predicted molar refractivity (Wildman–Crippen MR) is 108 cm³/mol. The zero-order valence-electron chi connectivity index (χ0n) is 16.4. The smallest absolute Gasteiger partial charge is 0.241 e. The summed E-state index contributed by atoms with van der Waals surface area (Å²) in [4.78, 5) is 16.9. The van der Waals surface area contributed by atoms with E-state index in [0.29, 0.717) is 25.1 Å². The largest absolute Gasteiger partial charge is 0.497 e. The molecular formula is C20H27N3O4S. The molecular weight excluding hydrogens is 378 g/mol. The van der Waals surface area contributed by atoms with Crippen LogP contribution in [0.3, 0.4) is 0 Å². The number of methoxy groups -OCH3 is 1. The second-order valence-electron chi connectivity index (χ2n) is 6.84. The lowest BCUT2D eigenvalue weighted by Crippen LogP contribution is -2.47. The van der Waals surface area contributed by atoms with Crippen molar-refractivity contribution < 1.29 is 17.9 Å². The third kappa shape index (κ3) is 6.61. The van der Waals surface area contributed by atoms with Crippen LogP contribution < -0.4 is 14.8 Å². The van der Waals surface area contributed by atoms with Crippen molar-refractivity contribution in [2.24, 2.45) is 5.92 Å². The summed E-state index contributed by atoms with van der Waals surface area (Å²) in [5, 5.41) is 2.80. The zero-order valence-corrected chi connectivity index (χ0v) is 17.2. The zero-order chi connectivity index (χ0) is 20.6. The van der Waals surface area contributed by atoms with Crippen LogP contribution in [0.15, 0.2) is 53.6 Å². The first-order valence-corrected chi connectivity index (χ1v) is 10.6. The van der Waals surface area contributed by atoms with Gasteiger partial charge in [0.05, 0.1) is 12.0 Å². The Morgan fingerprint density at radius 1 is 1.14 bits per heavy atom. The van der Waals surface area contributed by atoms with Crippen LogP contribution in [0.1, 0.15) is 26.0 Å². The number of pyridine rings is 1. The van der Waals surface area contributed by atoms with Crippen LogP contribution in [0.2, 0.25) is 0 Å². The molecule has 0 saturated carbocycles. The second-order valence-corrected chi connectivity index (χ2v) is 8.56. The number of ether oxygens (including phenoxy) is 1. The lowest BCUT2D eigenvalue weighted by Gasteiger charge is -2.20. The van der Waals surface area contributed by atoms with E-state index in [1.165, 1.54) is 19.2 Å². The summed E-state index contributed by atoms with van der Waals surface area (Å²) in [7, 11) is -2.32. The molecule has 0 spiro atoms. The number of nitrogens with one attached hydrogen (secondary N) is 2. The molecule has 8 heteroatoms. The number of hydrogen-bond donors (Lipinski definition) is 2. The number of nitrogens with zero attached hydrogens (tertiary/aromatic N) is 1. The van der Waals surface area contributed by atoms with Crippen LogP contribution >= 0.6 is 0 Å². The van der Waals surface area contributed by atoms with Gasteiger partial charge >= 0.3 is 0 Å². The first kappa shape index (κ1) is 21.8. The van der Waals surface area contributed by atoms with Crippen molar-refractivity contribution in [1.29, 1.82) is 0 Å². The summed E-state index contributed by atoms with van der Waals surface area (Å²) >= 11 is 0. The fourth-order valence-corrected chi connectivity index (χ4v) is 3.88. The average Bonchev–Trinajstić information content (AvgIpc) is 2.67. The third-order valence-corrected chi connectivity index (χ3v) is 5.58. The van der Waals surface area contributed by atoms with Gasteiger partial charge in [0.2, 0.25) is 15.9 Å². The minimum atomic E-state index is -3.83. The van der Waals surface area contributed by atoms with Crippen LogP contribution in [-0.4, -0.2) is 39.0 Å². The molecule has 1 atom stereocenters. The molecule has 1 heterocycles. The molecule has 7 nitrogen and oxygen atoms in total. The Bertz CT molecular complexity index is 853. The molecule has 2 aromatic rings. The Kier molecular flexibility index (Phi) is 7.95. The van der Waals surface area contributed by atoms with Crippen molar-refractivity contribution in [2.45, 2.75) is 37.6 Å². The number of carbonyl (C=O) groups is 1. The quantitative estimate of drug-likeness (QED) is 0.631. The van der Waals surface area contributed by atoms with Gasteiger partial charge in [-0.15, -0.1) is 0 Å². The fraction of sp³-hybridized carbons (Fsp3) is 0.400.